The van der Waals surface area contributed by atoms with E-state index in [1.165, 1.54) is 0 Å². The lowest BCUT2D eigenvalue weighted by Crippen LogP contribution is -2.26. The second-order valence-electron chi connectivity index (χ2n) is 4.82. The van der Waals surface area contributed by atoms with E-state index >= 15 is 0 Å². The molecule has 2 rings (SSSR count). The van der Waals surface area contributed by atoms with E-state index in [0.717, 1.165) is 34.9 Å². The Morgan fingerprint density at radius 2 is 2.15 bits per heavy atom. The van der Waals surface area contributed by atoms with E-state index < -0.39 is 0 Å². The molecule has 0 radical (unpaired) electrons. The zero-order valence-electron chi connectivity index (χ0n) is 11.9. The van der Waals surface area contributed by atoms with Crippen molar-refractivity contribution < 1.29 is 9.15 Å². The number of methoxy groups -OCH3 is 1. The van der Waals surface area contributed by atoms with Crippen molar-refractivity contribution in [1.82, 2.24) is 5.32 Å². The first kappa shape index (κ1) is 14.9. The Labute approximate surface area is 124 Å². The summed E-state index contributed by atoms with van der Waals surface area (Å²) in [6, 6.07) is 10.0. The number of benzene rings is 1. The van der Waals surface area contributed by atoms with Gasteiger partial charge in [0, 0.05) is 29.6 Å². The van der Waals surface area contributed by atoms with Gasteiger partial charge in [-0.05, 0) is 37.6 Å². The molecule has 0 aliphatic rings. The van der Waals surface area contributed by atoms with Crippen LogP contribution in [0.2, 0.25) is 5.02 Å². The summed E-state index contributed by atoms with van der Waals surface area (Å²) in [5.74, 6) is 1.84. The summed E-state index contributed by atoms with van der Waals surface area (Å²) in [5.41, 5.74) is 1.00. The number of ether oxygens (including phenoxy) is 1. The Morgan fingerprint density at radius 1 is 1.30 bits per heavy atom. The van der Waals surface area contributed by atoms with Crippen LogP contribution < -0.4 is 10.1 Å². The molecule has 0 spiro atoms. The average Bonchev–Trinajstić information content (AvgIpc) is 2.96. The molecule has 1 heterocycles. The van der Waals surface area contributed by atoms with Crippen molar-refractivity contribution in [1.29, 1.82) is 0 Å². The van der Waals surface area contributed by atoms with Gasteiger partial charge in [0.2, 0.25) is 0 Å². The van der Waals surface area contributed by atoms with Gasteiger partial charge in [-0.15, -0.1) is 0 Å². The van der Waals surface area contributed by atoms with Crippen molar-refractivity contribution >= 4 is 11.6 Å². The molecule has 1 unspecified atom stereocenters. The first-order chi connectivity index (χ1) is 9.70. The molecule has 1 aromatic heterocycles. The third-order valence-electron chi connectivity index (χ3n) is 3.33. The Bertz CT molecular complexity index is 525. The Hall–Kier alpha value is -1.45. The Kier molecular flexibility index (Phi) is 5.50. The van der Waals surface area contributed by atoms with Crippen LogP contribution in [0.25, 0.3) is 0 Å². The predicted molar refractivity (Wildman–Crippen MR) is 81.3 cm³/mol. The molecular weight excluding hydrogens is 274 g/mol. The monoisotopic (exact) mass is 293 g/mol. The minimum atomic E-state index is 0.376. The fraction of sp³-hybridized carbons (Fsp3) is 0.375. The zero-order valence-corrected chi connectivity index (χ0v) is 12.6. The van der Waals surface area contributed by atoms with E-state index in [2.05, 4.69) is 12.2 Å². The standard InChI is InChI=1S/C16H20ClNO2/c1-12(8-9-13-5-4-10-20-13)18-11-14-15(17)6-3-7-16(14)19-2/h3-7,10,12,18H,8-9,11H2,1-2H3. The second kappa shape index (κ2) is 7.36. The van der Waals surface area contributed by atoms with E-state index in [1.54, 1.807) is 13.4 Å². The first-order valence-corrected chi connectivity index (χ1v) is 7.15. The third kappa shape index (κ3) is 4.02. The van der Waals surface area contributed by atoms with E-state index in [1.807, 2.05) is 30.3 Å². The van der Waals surface area contributed by atoms with E-state index in [-0.39, 0.29) is 0 Å². The number of hydrogen-bond acceptors (Lipinski definition) is 3. The summed E-state index contributed by atoms with van der Waals surface area (Å²) in [4.78, 5) is 0. The van der Waals surface area contributed by atoms with Gasteiger partial charge in [0.05, 0.1) is 13.4 Å². The molecule has 4 heteroatoms. The SMILES string of the molecule is COc1cccc(Cl)c1CNC(C)CCc1ccco1. The van der Waals surface area contributed by atoms with Crippen molar-refractivity contribution in [2.75, 3.05) is 7.11 Å². The van der Waals surface area contributed by atoms with Crippen molar-refractivity contribution in [2.45, 2.75) is 32.4 Å². The van der Waals surface area contributed by atoms with Gasteiger partial charge in [-0.25, -0.2) is 0 Å². The quantitative estimate of drug-likeness (QED) is 0.836. The maximum atomic E-state index is 6.21. The van der Waals surface area contributed by atoms with Gasteiger partial charge < -0.3 is 14.5 Å². The fourth-order valence-electron chi connectivity index (χ4n) is 2.09. The number of aryl methyl sites for hydroxylation is 1. The first-order valence-electron chi connectivity index (χ1n) is 6.78. The largest absolute Gasteiger partial charge is 0.496 e. The molecule has 1 aromatic carbocycles. The van der Waals surface area contributed by atoms with Gasteiger partial charge in [0.25, 0.3) is 0 Å². The molecule has 2 aromatic rings. The number of hydrogen-bond donors (Lipinski definition) is 1. The molecule has 0 aliphatic carbocycles. The van der Waals surface area contributed by atoms with Crippen LogP contribution in [0.4, 0.5) is 0 Å². The molecule has 0 bridgehead atoms. The fourth-order valence-corrected chi connectivity index (χ4v) is 2.33. The summed E-state index contributed by atoms with van der Waals surface area (Å²) < 4.78 is 10.7. The van der Waals surface area contributed by atoms with Crippen LogP contribution in [0.3, 0.4) is 0 Å². The lowest BCUT2D eigenvalue weighted by atomic mass is 10.1. The van der Waals surface area contributed by atoms with Crippen LogP contribution in [0.1, 0.15) is 24.7 Å². The summed E-state index contributed by atoms with van der Waals surface area (Å²) in [5, 5.41) is 4.20. The molecular formula is C16H20ClNO2. The molecule has 0 fully saturated rings. The maximum Gasteiger partial charge on any atom is 0.124 e. The average molecular weight is 294 g/mol. The van der Waals surface area contributed by atoms with Crippen LogP contribution in [0.15, 0.2) is 41.0 Å². The van der Waals surface area contributed by atoms with Gasteiger partial charge in [-0.3, -0.25) is 0 Å². The highest BCUT2D eigenvalue weighted by atomic mass is 35.5. The van der Waals surface area contributed by atoms with Crippen molar-refractivity contribution in [2.24, 2.45) is 0 Å². The number of rotatable bonds is 7. The van der Waals surface area contributed by atoms with Gasteiger partial charge in [-0.1, -0.05) is 17.7 Å². The van der Waals surface area contributed by atoms with Crippen molar-refractivity contribution in [3.05, 3.63) is 52.9 Å². The number of nitrogens with one attached hydrogen (secondary N) is 1. The van der Waals surface area contributed by atoms with Crippen LogP contribution in [0, 0.1) is 0 Å². The molecule has 0 aliphatic heterocycles. The van der Waals surface area contributed by atoms with Gasteiger partial charge in [0.1, 0.15) is 11.5 Å². The molecule has 3 nitrogen and oxygen atoms in total. The highest BCUT2D eigenvalue weighted by Gasteiger charge is 2.09. The molecule has 1 N–H and O–H groups in total. The number of halogens is 1. The van der Waals surface area contributed by atoms with E-state index in [9.17, 15) is 0 Å². The molecule has 108 valence electrons. The second-order valence-corrected chi connectivity index (χ2v) is 5.23. The minimum Gasteiger partial charge on any atom is -0.496 e. The normalized spacial score (nSPS) is 12.3. The molecule has 20 heavy (non-hydrogen) atoms. The zero-order chi connectivity index (χ0) is 14.4. The Morgan fingerprint density at radius 3 is 2.85 bits per heavy atom. The molecule has 1 atom stereocenters. The summed E-state index contributed by atoms with van der Waals surface area (Å²) in [7, 11) is 1.66. The van der Waals surface area contributed by atoms with Gasteiger partial charge >= 0.3 is 0 Å². The third-order valence-corrected chi connectivity index (χ3v) is 3.68. The van der Waals surface area contributed by atoms with Crippen LogP contribution in [-0.4, -0.2) is 13.2 Å². The Balaban J connectivity index is 1.85. The molecule has 0 saturated heterocycles. The maximum absolute atomic E-state index is 6.21. The summed E-state index contributed by atoms with van der Waals surface area (Å²) in [6.07, 6.45) is 3.66. The minimum absolute atomic E-state index is 0.376. The topological polar surface area (TPSA) is 34.4 Å². The summed E-state index contributed by atoms with van der Waals surface area (Å²) >= 11 is 6.21. The van der Waals surface area contributed by atoms with E-state index in [4.69, 9.17) is 20.8 Å². The van der Waals surface area contributed by atoms with Crippen LogP contribution in [-0.2, 0) is 13.0 Å². The van der Waals surface area contributed by atoms with Gasteiger partial charge in [-0.2, -0.15) is 0 Å². The van der Waals surface area contributed by atoms with Crippen molar-refractivity contribution in [3.63, 3.8) is 0 Å². The van der Waals surface area contributed by atoms with Crippen molar-refractivity contribution in [3.8, 4) is 5.75 Å². The molecule has 0 amide bonds. The van der Waals surface area contributed by atoms with Crippen LogP contribution in [0.5, 0.6) is 5.75 Å². The van der Waals surface area contributed by atoms with Gasteiger partial charge in [0.15, 0.2) is 0 Å². The highest BCUT2D eigenvalue weighted by molar-refractivity contribution is 6.31. The lowest BCUT2D eigenvalue weighted by molar-refractivity contribution is 0.403. The molecule has 0 saturated carbocycles. The lowest BCUT2D eigenvalue weighted by Gasteiger charge is -2.16. The number of furan rings is 1. The predicted octanol–water partition coefficient (Wildman–Crippen LogP) is 4.05. The smallest absolute Gasteiger partial charge is 0.124 e. The van der Waals surface area contributed by atoms with E-state index in [0.29, 0.717) is 12.6 Å². The highest BCUT2D eigenvalue weighted by Crippen LogP contribution is 2.26. The van der Waals surface area contributed by atoms with Crippen LogP contribution >= 0.6 is 11.6 Å². The summed E-state index contributed by atoms with van der Waals surface area (Å²) in [6.45, 7) is 2.86.